The largest absolute Gasteiger partial charge is 0.480 e. The summed E-state index contributed by atoms with van der Waals surface area (Å²) in [6.07, 6.45) is 2.38. The normalized spacial score (nSPS) is 25.4. The van der Waals surface area contributed by atoms with Crippen molar-refractivity contribution in [3.8, 4) is 0 Å². The van der Waals surface area contributed by atoms with Gasteiger partial charge in [-0.2, -0.15) is 0 Å². The Morgan fingerprint density at radius 1 is 0.861 bits per heavy atom. The van der Waals surface area contributed by atoms with Crippen LogP contribution in [0, 0.1) is 5.92 Å². The third kappa shape index (κ3) is 5.66. The van der Waals surface area contributed by atoms with Crippen LogP contribution in [-0.4, -0.2) is 92.8 Å². The van der Waals surface area contributed by atoms with E-state index >= 15 is 0 Å². The number of likely N-dealkylation sites (tertiary alicyclic amines) is 2. The van der Waals surface area contributed by atoms with E-state index in [2.05, 4.69) is 10.6 Å². The number of carboxylic acid groups (broad SMARTS) is 2. The summed E-state index contributed by atoms with van der Waals surface area (Å²) in [6.45, 7) is -0.0159. The number of nitrogens with one attached hydrogen (secondary N) is 2. The van der Waals surface area contributed by atoms with Crippen molar-refractivity contribution in [2.75, 3.05) is 13.1 Å². The molecule has 2 aliphatic heterocycles. The highest BCUT2D eigenvalue weighted by atomic mass is 16.4. The van der Waals surface area contributed by atoms with Gasteiger partial charge in [-0.1, -0.05) is 0 Å². The van der Waals surface area contributed by atoms with Gasteiger partial charge in [0.2, 0.25) is 17.7 Å². The molecule has 4 amide bonds. The number of rotatable bonds is 9. The molecule has 0 aromatic carbocycles. The van der Waals surface area contributed by atoms with Crippen LogP contribution in [0.15, 0.2) is 22.8 Å². The van der Waals surface area contributed by atoms with Gasteiger partial charge in [-0.15, -0.1) is 0 Å². The number of furan rings is 1. The van der Waals surface area contributed by atoms with Gasteiger partial charge in [0.05, 0.1) is 6.26 Å². The smallest absolute Gasteiger partial charge is 0.326 e. The van der Waals surface area contributed by atoms with Crippen LogP contribution in [0.2, 0.25) is 0 Å². The minimum atomic E-state index is -1.23. The first-order valence-electron chi connectivity index (χ1n) is 11.8. The Hall–Kier alpha value is -3.90. The second-order valence-corrected chi connectivity index (χ2v) is 9.40. The predicted octanol–water partition coefficient (Wildman–Crippen LogP) is -0.576. The second kappa shape index (κ2) is 10.4. The summed E-state index contributed by atoms with van der Waals surface area (Å²) in [6, 6.07) is -0.388. The zero-order valence-corrected chi connectivity index (χ0v) is 19.4. The van der Waals surface area contributed by atoms with Crippen molar-refractivity contribution in [1.82, 2.24) is 20.4 Å². The highest BCUT2D eigenvalue weighted by Gasteiger charge is 2.43. The van der Waals surface area contributed by atoms with Gasteiger partial charge in [0, 0.05) is 56.8 Å². The summed E-state index contributed by atoms with van der Waals surface area (Å²) < 4.78 is 5.02. The second-order valence-electron chi connectivity index (χ2n) is 9.40. The summed E-state index contributed by atoms with van der Waals surface area (Å²) in [5, 5.41) is 24.5. The van der Waals surface area contributed by atoms with Gasteiger partial charge in [-0.05, 0) is 25.0 Å². The molecule has 3 fully saturated rings. The van der Waals surface area contributed by atoms with Crippen LogP contribution >= 0.6 is 0 Å². The van der Waals surface area contributed by atoms with Gasteiger partial charge in [-0.3, -0.25) is 19.2 Å². The van der Waals surface area contributed by atoms with Crippen molar-refractivity contribution in [3.05, 3.63) is 24.2 Å². The molecule has 4 atom stereocenters. The van der Waals surface area contributed by atoms with E-state index in [1.807, 2.05) is 0 Å². The summed E-state index contributed by atoms with van der Waals surface area (Å²) in [5.74, 6) is -4.24. The highest BCUT2D eigenvalue weighted by Crippen LogP contribution is 2.30. The molecule has 1 aliphatic carbocycles. The first kappa shape index (κ1) is 25.2. The molecule has 13 heteroatoms. The molecular formula is C23H28N4O9. The lowest BCUT2D eigenvalue weighted by molar-refractivity contribution is -0.150. The van der Waals surface area contributed by atoms with Crippen LogP contribution in [0.4, 0.5) is 0 Å². The Morgan fingerprint density at radius 2 is 1.39 bits per heavy atom. The van der Waals surface area contributed by atoms with Crippen molar-refractivity contribution in [2.24, 2.45) is 5.92 Å². The quantitative estimate of drug-likeness (QED) is 0.341. The van der Waals surface area contributed by atoms with E-state index in [9.17, 15) is 39.0 Å². The lowest BCUT2D eigenvalue weighted by Crippen LogP contribution is -2.43. The standard InChI is InChI=1S/C23H28N4O9/c28-18(26-10-13(8-15(26)22(32)33)24-20(30)12-3-4-12)5-6-19(29)27-11-14(9-16(27)23(34)35)25-21(31)17-2-1-7-36-17/h1-2,7,12-16H,3-6,8-11H2,(H,24,30)(H,25,31)(H,32,33)(H,34,35)/t13-,14-,15-,16-/m0/s1. The fourth-order valence-electron chi connectivity index (χ4n) is 4.73. The Bertz CT molecular complexity index is 1050. The van der Waals surface area contributed by atoms with Gasteiger partial charge < -0.3 is 35.1 Å². The number of aliphatic carboxylic acids is 2. The van der Waals surface area contributed by atoms with Gasteiger partial charge >= 0.3 is 11.9 Å². The van der Waals surface area contributed by atoms with E-state index in [1.165, 1.54) is 18.4 Å². The van der Waals surface area contributed by atoms with Gasteiger partial charge in [0.1, 0.15) is 12.1 Å². The molecule has 0 bridgehead atoms. The molecule has 0 radical (unpaired) electrons. The molecule has 1 saturated carbocycles. The number of amides is 4. The van der Waals surface area contributed by atoms with E-state index in [4.69, 9.17) is 4.42 Å². The van der Waals surface area contributed by atoms with Crippen molar-refractivity contribution in [1.29, 1.82) is 0 Å². The van der Waals surface area contributed by atoms with Crippen LogP contribution < -0.4 is 10.6 Å². The maximum Gasteiger partial charge on any atom is 0.326 e. The Labute approximate surface area is 205 Å². The van der Waals surface area contributed by atoms with E-state index in [1.54, 1.807) is 0 Å². The lowest BCUT2D eigenvalue weighted by Gasteiger charge is -2.24. The monoisotopic (exact) mass is 504 g/mol. The molecule has 194 valence electrons. The van der Waals surface area contributed by atoms with Crippen molar-refractivity contribution in [2.45, 2.75) is 62.7 Å². The number of carbonyl (C=O) groups excluding carboxylic acids is 4. The molecule has 4 N–H and O–H groups in total. The third-order valence-corrected chi connectivity index (χ3v) is 6.74. The SMILES string of the molecule is O=C(N[C@H]1C[C@@H](C(=O)O)N(C(=O)CCC(=O)N2C[C@@H](NC(=O)C3CC3)C[C@H]2C(=O)O)C1)c1ccco1. The summed E-state index contributed by atoms with van der Waals surface area (Å²) in [5.41, 5.74) is 0. The first-order valence-corrected chi connectivity index (χ1v) is 11.8. The third-order valence-electron chi connectivity index (χ3n) is 6.74. The number of carboxylic acids is 2. The van der Waals surface area contributed by atoms with Crippen LogP contribution in [0.25, 0.3) is 0 Å². The molecule has 0 spiro atoms. The molecule has 36 heavy (non-hydrogen) atoms. The number of hydrogen-bond acceptors (Lipinski definition) is 7. The first-order chi connectivity index (χ1) is 17.1. The van der Waals surface area contributed by atoms with E-state index < -0.39 is 53.8 Å². The molecule has 3 heterocycles. The number of hydrogen-bond donors (Lipinski definition) is 4. The fraction of sp³-hybridized carbons (Fsp3) is 0.565. The van der Waals surface area contributed by atoms with Gasteiger partial charge in [-0.25, -0.2) is 9.59 Å². The average molecular weight is 504 g/mol. The minimum Gasteiger partial charge on any atom is -0.480 e. The summed E-state index contributed by atoms with van der Waals surface area (Å²) in [7, 11) is 0. The molecule has 13 nitrogen and oxygen atoms in total. The zero-order valence-electron chi connectivity index (χ0n) is 19.4. The molecule has 1 aromatic rings. The maximum atomic E-state index is 12.8. The molecule has 2 saturated heterocycles. The Balaban J connectivity index is 1.32. The Kier molecular flexibility index (Phi) is 7.27. The van der Waals surface area contributed by atoms with E-state index in [-0.39, 0.29) is 56.4 Å². The fourth-order valence-corrected chi connectivity index (χ4v) is 4.73. The van der Waals surface area contributed by atoms with Crippen LogP contribution in [0.1, 0.15) is 49.1 Å². The van der Waals surface area contributed by atoms with Crippen LogP contribution in [-0.2, 0) is 24.0 Å². The molecule has 1 aromatic heterocycles. The van der Waals surface area contributed by atoms with Gasteiger partial charge in [0.25, 0.3) is 5.91 Å². The number of nitrogens with zero attached hydrogens (tertiary/aromatic N) is 2. The molecule has 4 rings (SSSR count). The minimum absolute atomic E-state index is 0.00292. The summed E-state index contributed by atoms with van der Waals surface area (Å²) >= 11 is 0. The lowest BCUT2D eigenvalue weighted by atomic mass is 10.1. The van der Waals surface area contributed by atoms with E-state index in [0.29, 0.717) is 0 Å². The molecular weight excluding hydrogens is 476 g/mol. The van der Waals surface area contributed by atoms with Crippen LogP contribution in [0.5, 0.6) is 0 Å². The number of carbonyl (C=O) groups is 6. The van der Waals surface area contributed by atoms with Crippen molar-refractivity contribution >= 4 is 35.6 Å². The molecule has 3 aliphatic rings. The van der Waals surface area contributed by atoms with Gasteiger partial charge in [0.15, 0.2) is 5.76 Å². The van der Waals surface area contributed by atoms with Crippen molar-refractivity contribution < 1.29 is 43.4 Å². The highest BCUT2D eigenvalue weighted by molar-refractivity contribution is 5.92. The Morgan fingerprint density at radius 3 is 1.83 bits per heavy atom. The summed E-state index contributed by atoms with van der Waals surface area (Å²) in [4.78, 5) is 75.6. The average Bonchev–Trinajstić information content (AvgIpc) is 3.22. The van der Waals surface area contributed by atoms with Crippen molar-refractivity contribution in [3.63, 3.8) is 0 Å². The van der Waals surface area contributed by atoms with E-state index in [0.717, 1.165) is 22.6 Å². The topological polar surface area (TPSA) is 187 Å². The molecule has 0 unspecified atom stereocenters. The predicted molar refractivity (Wildman–Crippen MR) is 119 cm³/mol. The zero-order chi connectivity index (χ0) is 26.0. The van der Waals surface area contributed by atoms with Crippen LogP contribution in [0.3, 0.4) is 0 Å². The maximum absolute atomic E-state index is 12.8.